The lowest BCUT2D eigenvalue weighted by Gasteiger charge is -2.27. The molecule has 9 nitrogen and oxygen atoms in total. The minimum absolute atomic E-state index is 0.0646. The second kappa shape index (κ2) is 11.7. The van der Waals surface area contributed by atoms with Gasteiger partial charge in [-0.15, -0.1) is 0 Å². The van der Waals surface area contributed by atoms with E-state index in [0.717, 1.165) is 18.7 Å². The van der Waals surface area contributed by atoms with Crippen LogP contribution < -0.4 is 11.1 Å². The molecule has 1 aromatic carbocycles. The summed E-state index contributed by atoms with van der Waals surface area (Å²) in [6.45, 7) is 2.63. The van der Waals surface area contributed by atoms with Crippen LogP contribution in [0.3, 0.4) is 0 Å². The van der Waals surface area contributed by atoms with E-state index in [1.165, 1.54) is 0 Å². The third-order valence-electron chi connectivity index (χ3n) is 3.31. The second-order valence-corrected chi connectivity index (χ2v) is 5.71. The van der Waals surface area contributed by atoms with Crippen LogP contribution in [-0.2, 0) is 20.9 Å². The maximum atomic E-state index is 11.6. The van der Waals surface area contributed by atoms with Gasteiger partial charge in [-0.2, -0.15) is 26.3 Å². The number of halogens is 6. The fourth-order valence-electron chi connectivity index (χ4n) is 1.82. The predicted octanol–water partition coefficient (Wildman–Crippen LogP) is 1.17. The topological polar surface area (TPSA) is 157 Å². The second-order valence-electron chi connectivity index (χ2n) is 5.71. The first kappa shape index (κ1) is 27.6. The van der Waals surface area contributed by atoms with Crippen LogP contribution in [0.4, 0.5) is 26.3 Å². The molecule has 1 amide bonds. The number of carboxylic acid groups (broad SMARTS) is 2. The van der Waals surface area contributed by atoms with Crippen LogP contribution in [0.1, 0.15) is 11.1 Å². The van der Waals surface area contributed by atoms with E-state index in [2.05, 4.69) is 5.32 Å². The molecule has 15 heteroatoms. The molecule has 0 aromatic heterocycles. The normalized spacial score (nSPS) is 13.9. The van der Waals surface area contributed by atoms with Gasteiger partial charge in [-0.3, -0.25) is 10.2 Å². The van der Waals surface area contributed by atoms with Crippen LogP contribution in [0.2, 0.25) is 0 Å². The lowest BCUT2D eigenvalue weighted by molar-refractivity contribution is -0.193. The lowest BCUT2D eigenvalue weighted by atomic mass is 10.1. The van der Waals surface area contributed by atoms with Crippen LogP contribution in [0.5, 0.6) is 0 Å². The molecule has 0 atom stereocenters. The van der Waals surface area contributed by atoms with Crippen molar-refractivity contribution in [2.24, 2.45) is 5.73 Å². The molecular formula is C16H18F6N4O5. The molecule has 1 fully saturated rings. The molecule has 6 N–H and O–H groups in total. The van der Waals surface area contributed by atoms with Gasteiger partial charge >= 0.3 is 24.3 Å². The van der Waals surface area contributed by atoms with Crippen molar-refractivity contribution in [3.05, 3.63) is 35.4 Å². The van der Waals surface area contributed by atoms with Gasteiger partial charge in [0.1, 0.15) is 5.84 Å². The first-order valence-corrected chi connectivity index (χ1v) is 8.07. The Labute approximate surface area is 170 Å². The third-order valence-corrected chi connectivity index (χ3v) is 3.31. The molecule has 2 rings (SSSR count). The molecule has 31 heavy (non-hydrogen) atoms. The molecule has 0 radical (unpaired) electrons. The summed E-state index contributed by atoms with van der Waals surface area (Å²) in [5.41, 5.74) is 7.15. The van der Waals surface area contributed by atoms with Crippen molar-refractivity contribution in [3.8, 4) is 0 Å². The van der Waals surface area contributed by atoms with E-state index in [-0.39, 0.29) is 11.7 Å². The van der Waals surface area contributed by atoms with Crippen molar-refractivity contribution in [2.45, 2.75) is 18.9 Å². The summed E-state index contributed by atoms with van der Waals surface area (Å²) in [6.07, 6.45) is -10.2. The van der Waals surface area contributed by atoms with Crippen LogP contribution in [0.15, 0.2) is 24.3 Å². The Bertz CT molecular complexity index is 756. The molecule has 0 aliphatic carbocycles. The van der Waals surface area contributed by atoms with Crippen LogP contribution in [-0.4, -0.2) is 70.8 Å². The molecule has 0 spiro atoms. The number of nitrogens with zero attached hydrogens (tertiary/aromatic N) is 1. The zero-order valence-electron chi connectivity index (χ0n) is 15.5. The highest BCUT2D eigenvalue weighted by Gasteiger charge is 2.38. The molecule has 1 aliphatic rings. The first-order valence-electron chi connectivity index (χ1n) is 8.07. The van der Waals surface area contributed by atoms with E-state index in [1.54, 1.807) is 0 Å². The number of amides is 1. The van der Waals surface area contributed by atoms with E-state index in [4.69, 9.17) is 30.9 Å². The quantitative estimate of drug-likeness (QED) is 0.257. The predicted molar refractivity (Wildman–Crippen MR) is 93.1 cm³/mol. The average molecular weight is 460 g/mol. The Morgan fingerprint density at radius 1 is 1.03 bits per heavy atom. The average Bonchev–Trinajstić information content (AvgIpc) is 2.63. The monoisotopic (exact) mass is 460 g/mol. The zero-order chi connectivity index (χ0) is 24.4. The summed E-state index contributed by atoms with van der Waals surface area (Å²) in [5.74, 6) is -5.32. The van der Waals surface area contributed by atoms with Crippen molar-refractivity contribution >= 4 is 23.7 Å². The van der Waals surface area contributed by atoms with Crippen molar-refractivity contribution in [3.63, 3.8) is 0 Å². The van der Waals surface area contributed by atoms with Gasteiger partial charge in [-0.1, -0.05) is 24.3 Å². The van der Waals surface area contributed by atoms with Gasteiger partial charge in [-0.05, 0) is 5.56 Å². The van der Waals surface area contributed by atoms with Gasteiger partial charge in [0, 0.05) is 25.2 Å². The van der Waals surface area contributed by atoms with Crippen molar-refractivity contribution in [1.82, 2.24) is 10.2 Å². The molecule has 0 bridgehead atoms. The van der Waals surface area contributed by atoms with Gasteiger partial charge in [-0.25, -0.2) is 9.59 Å². The van der Waals surface area contributed by atoms with E-state index in [0.29, 0.717) is 18.7 Å². The summed E-state index contributed by atoms with van der Waals surface area (Å²) < 4.78 is 63.5. The molecule has 1 heterocycles. The number of carboxylic acids is 2. The highest BCUT2D eigenvalue weighted by atomic mass is 19.4. The zero-order valence-corrected chi connectivity index (χ0v) is 15.5. The third kappa shape index (κ3) is 11.4. The molecule has 1 aromatic rings. The maximum absolute atomic E-state index is 11.6. The van der Waals surface area contributed by atoms with Gasteiger partial charge < -0.3 is 26.2 Å². The van der Waals surface area contributed by atoms with E-state index < -0.39 is 24.3 Å². The number of nitrogens with one attached hydrogen (secondary N) is 2. The molecule has 0 saturated carbocycles. The number of carbonyl (C=O) groups is 3. The number of hydrogen-bond acceptors (Lipinski definition) is 5. The number of nitrogens with two attached hydrogens (primary N) is 1. The first-order chi connectivity index (χ1) is 14.1. The number of nitrogen functional groups attached to an aromatic ring is 1. The van der Waals surface area contributed by atoms with Crippen LogP contribution >= 0.6 is 0 Å². The minimum atomic E-state index is -5.08. The number of piperazine rings is 1. The summed E-state index contributed by atoms with van der Waals surface area (Å²) in [5, 5.41) is 24.6. The highest BCUT2D eigenvalue weighted by molar-refractivity contribution is 5.94. The Balaban J connectivity index is 0.000000536. The molecule has 0 unspecified atom stereocenters. The molecule has 1 saturated heterocycles. The number of alkyl halides is 6. The van der Waals surface area contributed by atoms with Crippen molar-refractivity contribution < 1.29 is 50.9 Å². The Hall–Kier alpha value is -3.36. The molecular weight excluding hydrogens is 442 g/mol. The minimum Gasteiger partial charge on any atom is -0.475 e. The summed E-state index contributed by atoms with van der Waals surface area (Å²) >= 11 is 0. The van der Waals surface area contributed by atoms with E-state index in [9.17, 15) is 31.1 Å². The van der Waals surface area contributed by atoms with Gasteiger partial charge in [0.15, 0.2) is 0 Å². The fraction of sp³-hybridized carbons (Fsp3) is 0.375. The number of carbonyl (C=O) groups excluding carboxylic acids is 1. The van der Waals surface area contributed by atoms with Crippen LogP contribution in [0.25, 0.3) is 0 Å². The summed E-state index contributed by atoms with van der Waals surface area (Å²) in [4.78, 5) is 31.2. The Morgan fingerprint density at radius 2 is 1.45 bits per heavy atom. The van der Waals surface area contributed by atoms with Crippen molar-refractivity contribution in [1.29, 1.82) is 5.41 Å². The van der Waals surface area contributed by atoms with Gasteiger partial charge in [0.05, 0.1) is 6.54 Å². The number of hydrogen-bond donors (Lipinski definition) is 5. The fourth-order valence-corrected chi connectivity index (χ4v) is 1.82. The standard InChI is InChI=1S/C12H16N4O.2C2HF3O2/c13-12(14)10-3-1-9(2-4-10)8-16-6-5-15-7-11(16)17;2*3-2(4,5)1(6)7/h1-4,15H,5-8H2,(H3,13,14);2*(H,6,7). The number of aliphatic carboxylic acids is 2. The van der Waals surface area contributed by atoms with Gasteiger partial charge in [0.2, 0.25) is 5.91 Å². The van der Waals surface area contributed by atoms with Gasteiger partial charge in [0.25, 0.3) is 0 Å². The smallest absolute Gasteiger partial charge is 0.475 e. The van der Waals surface area contributed by atoms with E-state index in [1.807, 2.05) is 29.2 Å². The largest absolute Gasteiger partial charge is 0.490 e. The summed E-state index contributed by atoms with van der Waals surface area (Å²) in [7, 11) is 0. The number of amidine groups is 1. The molecule has 174 valence electrons. The lowest BCUT2D eigenvalue weighted by Crippen LogP contribution is -2.47. The number of benzene rings is 1. The molecule has 1 aliphatic heterocycles. The van der Waals surface area contributed by atoms with Crippen LogP contribution in [0, 0.1) is 5.41 Å². The Kier molecular flexibility index (Phi) is 10.5. The summed E-state index contributed by atoms with van der Waals surface area (Å²) in [6, 6.07) is 7.44. The highest BCUT2D eigenvalue weighted by Crippen LogP contribution is 2.13. The Morgan fingerprint density at radius 3 is 1.77 bits per heavy atom. The van der Waals surface area contributed by atoms with Crippen molar-refractivity contribution in [2.75, 3.05) is 19.6 Å². The maximum Gasteiger partial charge on any atom is 0.490 e. The SMILES string of the molecule is N=C(N)c1ccc(CN2CCNCC2=O)cc1.O=C(O)C(F)(F)F.O=C(O)C(F)(F)F. The number of rotatable bonds is 3. The van der Waals surface area contributed by atoms with E-state index >= 15 is 0 Å².